The Morgan fingerprint density at radius 1 is 1.17 bits per heavy atom. The summed E-state index contributed by atoms with van der Waals surface area (Å²) in [7, 11) is -2.14. The van der Waals surface area contributed by atoms with Crippen LogP contribution in [0.5, 0.6) is 0 Å². The van der Waals surface area contributed by atoms with E-state index in [-0.39, 0.29) is 5.56 Å². The highest BCUT2D eigenvalue weighted by atomic mass is 32.2. The van der Waals surface area contributed by atoms with Crippen LogP contribution in [0.2, 0.25) is 0 Å². The zero-order chi connectivity index (χ0) is 14.1. The zero-order valence-electron chi connectivity index (χ0n) is 10.8. The van der Waals surface area contributed by atoms with Gasteiger partial charge in [-0.3, -0.25) is 0 Å². The van der Waals surface area contributed by atoms with Crippen LogP contribution >= 0.6 is 0 Å². The second-order valence-corrected chi connectivity index (χ2v) is 7.00. The molecule has 6 heteroatoms. The Morgan fingerprint density at radius 3 is 2.22 bits per heavy atom. The summed E-state index contributed by atoms with van der Waals surface area (Å²) in [6, 6.07) is 2.26. The van der Waals surface area contributed by atoms with E-state index in [0.29, 0.717) is 0 Å². The molecule has 0 radical (unpaired) electrons. The van der Waals surface area contributed by atoms with Gasteiger partial charge in [-0.15, -0.1) is 0 Å². The number of hydrogen-bond donors (Lipinski definition) is 0. The fourth-order valence-electron chi connectivity index (χ4n) is 1.58. The lowest BCUT2D eigenvalue weighted by molar-refractivity contribution is 0.382. The van der Waals surface area contributed by atoms with Crippen molar-refractivity contribution in [2.45, 2.75) is 32.1 Å². The van der Waals surface area contributed by atoms with Gasteiger partial charge in [-0.1, -0.05) is 0 Å². The van der Waals surface area contributed by atoms with Gasteiger partial charge in [-0.05, 0) is 39.0 Å². The van der Waals surface area contributed by atoms with Gasteiger partial charge in [0.05, 0.1) is 5.25 Å². The highest BCUT2D eigenvalue weighted by Crippen LogP contribution is 2.26. The molecule has 0 aromatic heterocycles. The predicted molar refractivity (Wildman–Crippen MR) is 66.6 cm³/mol. The normalized spacial score (nSPS) is 14.2. The molecule has 0 aliphatic rings. The van der Waals surface area contributed by atoms with Crippen LogP contribution < -0.4 is 0 Å². The molecule has 0 aliphatic carbocycles. The van der Waals surface area contributed by atoms with E-state index < -0.39 is 32.9 Å². The number of halogens is 2. The molecule has 102 valence electrons. The first kappa shape index (κ1) is 15.0. The predicted octanol–water partition coefficient (Wildman–Crippen LogP) is 2.70. The lowest BCUT2D eigenvalue weighted by atomic mass is 10.1. The Morgan fingerprint density at radius 2 is 1.72 bits per heavy atom. The summed E-state index contributed by atoms with van der Waals surface area (Å²) in [6.07, 6.45) is 0. The largest absolute Gasteiger partial charge is 0.216 e. The quantitative estimate of drug-likeness (QED) is 0.848. The molecule has 0 bridgehead atoms. The Balaban J connectivity index is 3.15. The Hall–Kier alpha value is -1.01. The third kappa shape index (κ3) is 2.87. The van der Waals surface area contributed by atoms with Crippen molar-refractivity contribution in [3.05, 3.63) is 35.4 Å². The van der Waals surface area contributed by atoms with E-state index >= 15 is 0 Å². The summed E-state index contributed by atoms with van der Waals surface area (Å²) in [5.74, 6) is -1.21. The molecule has 18 heavy (non-hydrogen) atoms. The van der Waals surface area contributed by atoms with Crippen molar-refractivity contribution in [1.82, 2.24) is 4.31 Å². The third-order valence-corrected chi connectivity index (χ3v) is 5.26. The van der Waals surface area contributed by atoms with Crippen molar-refractivity contribution >= 4 is 10.0 Å². The van der Waals surface area contributed by atoms with Crippen LogP contribution in [0.1, 0.15) is 32.4 Å². The van der Waals surface area contributed by atoms with E-state index in [4.69, 9.17) is 0 Å². The summed E-state index contributed by atoms with van der Waals surface area (Å²) < 4.78 is 51.6. The van der Waals surface area contributed by atoms with Gasteiger partial charge >= 0.3 is 0 Å². The minimum Gasteiger partial charge on any atom is -0.212 e. The van der Waals surface area contributed by atoms with E-state index in [2.05, 4.69) is 0 Å². The SMILES string of the molecule is CC(c1cc(F)ccc1F)N(C)S(=O)(=O)C(C)C. The number of nitrogens with zero attached hydrogens (tertiary/aromatic N) is 1. The van der Waals surface area contributed by atoms with Gasteiger partial charge in [-0.25, -0.2) is 17.2 Å². The molecular weight excluding hydrogens is 260 g/mol. The molecule has 0 saturated heterocycles. The van der Waals surface area contributed by atoms with E-state index in [1.807, 2.05) is 0 Å². The van der Waals surface area contributed by atoms with Crippen LogP contribution in [0.25, 0.3) is 0 Å². The number of sulfonamides is 1. The van der Waals surface area contributed by atoms with Gasteiger partial charge in [0.25, 0.3) is 0 Å². The number of benzene rings is 1. The van der Waals surface area contributed by atoms with E-state index in [1.165, 1.54) is 14.0 Å². The van der Waals surface area contributed by atoms with Crippen LogP contribution in [0, 0.1) is 11.6 Å². The highest BCUT2D eigenvalue weighted by molar-refractivity contribution is 7.89. The average molecular weight is 277 g/mol. The van der Waals surface area contributed by atoms with Crippen LogP contribution in [0.3, 0.4) is 0 Å². The van der Waals surface area contributed by atoms with Crippen molar-refractivity contribution < 1.29 is 17.2 Å². The van der Waals surface area contributed by atoms with Gasteiger partial charge < -0.3 is 0 Å². The summed E-state index contributed by atoms with van der Waals surface area (Å²) in [5, 5.41) is -0.610. The molecule has 0 spiro atoms. The molecule has 0 aliphatic heterocycles. The summed E-state index contributed by atoms with van der Waals surface area (Å²) >= 11 is 0. The fourth-order valence-corrected chi connectivity index (χ4v) is 2.80. The fraction of sp³-hybridized carbons (Fsp3) is 0.500. The monoisotopic (exact) mass is 277 g/mol. The Bertz CT molecular complexity index is 529. The van der Waals surface area contributed by atoms with Gasteiger partial charge in [0.1, 0.15) is 11.6 Å². The maximum Gasteiger partial charge on any atom is 0.216 e. The molecule has 1 aromatic rings. The standard InChI is InChI=1S/C12H17F2NO2S/c1-8(2)18(16,17)15(4)9(3)11-7-10(13)5-6-12(11)14/h5-9H,1-4H3. The average Bonchev–Trinajstić information content (AvgIpc) is 2.30. The lowest BCUT2D eigenvalue weighted by Gasteiger charge is -2.26. The minimum atomic E-state index is -3.51. The summed E-state index contributed by atoms with van der Waals surface area (Å²) in [4.78, 5) is 0. The van der Waals surface area contributed by atoms with Crippen molar-refractivity contribution in [2.75, 3.05) is 7.05 Å². The smallest absolute Gasteiger partial charge is 0.212 e. The van der Waals surface area contributed by atoms with Gasteiger partial charge in [0, 0.05) is 18.7 Å². The first-order chi connectivity index (χ1) is 8.17. The van der Waals surface area contributed by atoms with Gasteiger partial charge in [-0.2, -0.15) is 4.31 Å². The number of rotatable bonds is 4. The molecule has 1 unspecified atom stereocenters. The molecule has 0 saturated carbocycles. The molecular formula is C12H17F2NO2S. The second kappa shape index (κ2) is 5.32. The molecule has 0 fully saturated rings. The Labute approximate surface area is 106 Å². The Kier molecular flexibility index (Phi) is 4.45. The van der Waals surface area contributed by atoms with Crippen LogP contribution in [0.15, 0.2) is 18.2 Å². The first-order valence-corrected chi connectivity index (χ1v) is 7.10. The molecule has 0 heterocycles. The van der Waals surface area contributed by atoms with E-state index in [9.17, 15) is 17.2 Å². The van der Waals surface area contributed by atoms with Crippen molar-refractivity contribution in [3.8, 4) is 0 Å². The maximum absolute atomic E-state index is 13.6. The lowest BCUT2D eigenvalue weighted by Crippen LogP contribution is -2.35. The molecule has 1 rings (SSSR count). The molecule has 1 aromatic carbocycles. The summed E-state index contributed by atoms with van der Waals surface area (Å²) in [5.41, 5.74) is 0.0294. The zero-order valence-corrected chi connectivity index (χ0v) is 11.6. The molecule has 0 N–H and O–H groups in total. The van der Waals surface area contributed by atoms with Crippen LogP contribution in [-0.4, -0.2) is 25.0 Å². The number of hydrogen-bond acceptors (Lipinski definition) is 2. The van der Waals surface area contributed by atoms with Crippen molar-refractivity contribution in [3.63, 3.8) is 0 Å². The highest BCUT2D eigenvalue weighted by Gasteiger charge is 2.28. The summed E-state index contributed by atoms with van der Waals surface area (Å²) in [6.45, 7) is 4.61. The van der Waals surface area contributed by atoms with Crippen molar-refractivity contribution in [2.24, 2.45) is 0 Å². The van der Waals surface area contributed by atoms with Crippen LogP contribution in [-0.2, 0) is 10.0 Å². The van der Waals surface area contributed by atoms with E-state index in [0.717, 1.165) is 22.5 Å². The van der Waals surface area contributed by atoms with Gasteiger partial charge in [0.15, 0.2) is 0 Å². The molecule has 3 nitrogen and oxygen atoms in total. The second-order valence-electron chi connectivity index (χ2n) is 4.45. The van der Waals surface area contributed by atoms with Crippen molar-refractivity contribution in [1.29, 1.82) is 0 Å². The molecule has 1 atom stereocenters. The van der Waals surface area contributed by atoms with Gasteiger partial charge in [0.2, 0.25) is 10.0 Å². The van der Waals surface area contributed by atoms with E-state index in [1.54, 1.807) is 13.8 Å². The molecule has 0 amide bonds. The maximum atomic E-state index is 13.6. The third-order valence-electron chi connectivity index (χ3n) is 2.95. The van der Waals surface area contributed by atoms with Crippen LogP contribution in [0.4, 0.5) is 8.78 Å². The topological polar surface area (TPSA) is 37.4 Å². The first-order valence-electron chi connectivity index (χ1n) is 5.59. The minimum absolute atomic E-state index is 0.0294.